The van der Waals surface area contributed by atoms with Crippen molar-refractivity contribution in [2.45, 2.75) is 13.5 Å². The molecule has 0 aliphatic carbocycles. The Morgan fingerprint density at radius 3 is 2.78 bits per heavy atom. The Morgan fingerprint density at radius 2 is 2.04 bits per heavy atom. The van der Waals surface area contributed by atoms with Gasteiger partial charge in [0.2, 0.25) is 0 Å². The molecule has 3 heterocycles. The van der Waals surface area contributed by atoms with Crippen LogP contribution in [0.15, 0.2) is 61.1 Å². The fraction of sp³-hybridized carbons (Fsp3) is 0.150. The minimum Gasteiger partial charge on any atom is -0.349 e. The summed E-state index contributed by atoms with van der Waals surface area (Å²) in [5.41, 5.74) is 4.13. The number of imidazole rings is 1. The summed E-state index contributed by atoms with van der Waals surface area (Å²) >= 11 is 0. The third kappa shape index (κ3) is 3.27. The van der Waals surface area contributed by atoms with Crippen molar-refractivity contribution in [3.05, 3.63) is 78.1 Å². The molecular formula is C20H20N6O. The number of amides is 1. The number of aryl methyl sites for hydroxylation is 2. The first-order valence-corrected chi connectivity index (χ1v) is 8.67. The third-order valence-corrected chi connectivity index (χ3v) is 4.54. The molecule has 0 unspecified atom stereocenters. The van der Waals surface area contributed by atoms with E-state index in [1.807, 2.05) is 71.9 Å². The number of aromatic nitrogens is 5. The summed E-state index contributed by atoms with van der Waals surface area (Å²) in [6.07, 6.45) is 5.62. The number of hydrogen-bond donors (Lipinski definition) is 2. The Kier molecular flexibility index (Phi) is 4.33. The highest BCUT2D eigenvalue weighted by atomic mass is 16.1. The Morgan fingerprint density at radius 1 is 1.19 bits per heavy atom. The number of nitrogens with zero attached hydrogens (tertiary/aromatic N) is 4. The number of H-pyrrole nitrogens is 1. The second-order valence-corrected chi connectivity index (χ2v) is 6.33. The first-order chi connectivity index (χ1) is 13.1. The van der Waals surface area contributed by atoms with Gasteiger partial charge in [-0.1, -0.05) is 18.2 Å². The molecule has 3 aromatic heterocycles. The molecule has 4 rings (SSSR count). The standard InChI is InChI=1S/C20H20N6O/c1-14-21-9-11-26(14)18-7-4-3-6-15(18)13-22-20(27)17-12-16(23-24-17)19-8-5-10-25(19)2/h3-12H,13H2,1-2H3,(H,22,27)(H,23,24). The molecular weight excluding hydrogens is 340 g/mol. The van der Waals surface area contributed by atoms with E-state index in [0.29, 0.717) is 12.2 Å². The predicted molar refractivity (Wildman–Crippen MR) is 102 cm³/mol. The fourth-order valence-corrected chi connectivity index (χ4v) is 3.10. The van der Waals surface area contributed by atoms with Crippen LogP contribution in [-0.2, 0) is 13.6 Å². The van der Waals surface area contributed by atoms with Crippen molar-refractivity contribution in [3.63, 3.8) is 0 Å². The highest BCUT2D eigenvalue weighted by Crippen LogP contribution is 2.18. The molecule has 136 valence electrons. The molecule has 7 nitrogen and oxygen atoms in total. The van der Waals surface area contributed by atoms with Crippen molar-refractivity contribution >= 4 is 5.91 Å². The monoisotopic (exact) mass is 360 g/mol. The lowest BCUT2D eigenvalue weighted by atomic mass is 10.1. The number of hydrogen-bond acceptors (Lipinski definition) is 3. The fourth-order valence-electron chi connectivity index (χ4n) is 3.10. The number of rotatable bonds is 5. The number of carbonyl (C=O) groups is 1. The third-order valence-electron chi connectivity index (χ3n) is 4.54. The van der Waals surface area contributed by atoms with E-state index in [1.54, 1.807) is 12.3 Å². The van der Waals surface area contributed by atoms with Crippen molar-refractivity contribution in [2.75, 3.05) is 0 Å². The largest absolute Gasteiger partial charge is 0.349 e. The maximum atomic E-state index is 12.5. The zero-order chi connectivity index (χ0) is 18.8. The van der Waals surface area contributed by atoms with E-state index < -0.39 is 0 Å². The van der Waals surface area contributed by atoms with E-state index in [9.17, 15) is 4.79 Å². The van der Waals surface area contributed by atoms with Crippen LogP contribution in [0.2, 0.25) is 0 Å². The van der Waals surface area contributed by atoms with Crippen LogP contribution in [0.1, 0.15) is 21.9 Å². The van der Waals surface area contributed by atoms with Crippen LogP contribution < -0.4 is 5.32 Å². The topological polar surface area (TPSA) is 80.5 Å². The molecule has 0 saturated heterocycles. The Balaban J connectivity index is 1.50. The van der Waals surface area contributed by atoms with Crippen LogP contribution in [0.3, 0.4) is 0 Å². The van der Waals surface area contributed by atoms with Gasteiger partial charge < -0.3 is 14.5 Å². The maximum Gasteiger partial charge on any atom is 0.269 e. The summed E-state index contributed by atoms with van der Waals surface area (Å²) in [6.45, 7) is 2.36. The molecule has 2 N–H and O–H groups in total. The van der Waals surface area contributed by atoms with Crippen molar-refractivity contribution < 1.29 is 4.79 Å². The molecule has 4 aromatic rings. The van der Waals surface area contributed by atoms with Crippen molar-refractivity contribution in [1.29, 1.82) is 0 Å². The van der Waals surface area contributed by atoms with Crippen LogP contribution in [0.5, 0.6) is 0 Å². The Labute approximate surface area is 156 Å². The first-order valence-electron chi connectivity index (χ1n) is 8.67. The molecule has 0 fully saturated rings. The molecule has 0 aliphatic heterocycles. The van der Waals surface area contributed by atoms with Crippen LogP contribution in [0, 0.1) is 6.92 Å². The molecule has 27 heavy (non-hydrogen) atoms. The number of para-hydroxylation sites is 1. The second kappa shape index (κ2) is 6.95. The van der Waals surface area contributed by atoms with Crippen LogP contribution in [0.4, 0.5) is 0 Å². The van der Waals surface area contributed by atoms with Gasteiger partial charge in [-0.25, -0.2) is 4.98 Å². The van der Waals surface area contributed by atoms with Gasteiger partial charge in [0, 0.05) is 32.2 Å². The van der Waals surface area contributed by atoms with Crippen molar-refractivity contribution in [2.24, 2.45) is 7.05 Å². The van der Waals surface area contributed by atoms with E-state index in [4.69, 9.17) is 0 Å². The van der Waals surface area contributed by atoms with E-state index in [1.165, 1.54) is 0 Å². The average Bonchev–Trinajstić information content (AvgIpc) is 3.40. The van der Waals surface area contributed by atoms with E-state index in [0.717, 1.165) is 28.5 Å². The molecule has 0 saturated carbocycles. The minimum absolute atomic E-state index is 0.194. The summed E-state index contributed by atoms with van der Waals surface area (Å²) in [7, 11) is 1.94. The molecule has 1 amide bonds. The van der Waals surface area contributed by atoms with Crippen LogP contribution in [-0.4, -0.2) is 30.2 Å². The summed E-state index contributed by atoms with van der Waals surface area (Å²) < 4.78 is 3.97. The summed E-state index contributed by atoms with van der Waals surface area (Å²) in [4.78, 5) is 16.8. The Hall–Kier alpha value is -3.61. The van der Waals surface area contributed by atoms with Crippen LogP contribution in [0.25, 0.3) is 17.1 Å². The van der Waals surface area contributed by atoms with Gasteiger partial charge in [0.05, 0.1) is 11.4 Å². The van der Waals surface area contributed by atoms with Gasteiger partial charge in [0.25, 0.3) is 5.91 Å². The molecule has 0 atom stereocenters. The highest BCUT2D eigenvalue weighted by Gasteiger charge is 2.13. The summed E-state index contributed by atoms with van der Waals surface area (Å²) in [6, 6.07) is 13.6. The average molecular weight is 360 g/mol. The van der Waals surface area contributed by atoms with E-state index in [2.05, 4.69) is 20.5 Å². The maximum absolute atomic E-state index is 12.5. The molecule has 0 bridgehead atoms. The zero-order valence-electron chi connectivity index (χ0n) is 15.2. The molecule has 7 heteroatoms. The second-order valence-electron chi connectivity index (χ2n) is 6.33. The SMILES string of the molecule is Cc1nccn1-c1ccccc1CNC(=O)c1cc(-c2cccn2C)n[nH]1. The molecule has 0 aliphatic rings. The number of aromatic amines is 1. The van der Waals surface area contributed by atoms with Crippen molar-refractivity contribution in [3.8, 4) is 17.1 Å². The van der Waals surface area contributed by atoms with Gasteiger partial charge >= 0.3 is 0 Å². The van der Waals surface area contributed by atoms with Gasteiger partial charge in [-0.2, -0.15) is 5.10 Å². The lowest BCUT2D eigenvalue weighted by Gasteiger charge is -2.12. The summed E-state index contributed by atoms with van der Waals surface area (Å²) in [5, 5.41) is 10.0. The molecule has 0 radical (unpaired) electrons. The van der Waals surface area contributed by atoms with E-state index in [-0.39, 0.29) is 5.91 Å². The normalized spacial score (nSPS) is 10.9. The van der Waals surface area contributed by atoms with Gasteiger partial charge in [-0.3, -0.25) is 9.89 Å². The predicted octanol–water partition coefficient (Wildman–Crippen LogP) is 2.84. The Bertz CT molecular complexity index is 1090. The highest BCUT2D eigenvalue weighted by molar-refractivity contribution is 5.93. The van der Waals surface area contributed by atoms with Gasteiger partial charge in [-0.15, -0.1) is 0 Å². The number of carbonyl (C=O) groups excluding carboxylic acids is 1. The smallest absolute Gasteiger partial charge is 0.269 e. The molecule has 1 aromatic carbocycles. The molecule has 0 spiro atoms. The van der Waals surface area contributed by atoms with Gasteiger partial charge in [0.15, 0.2) is 0 Å². The van der Waals surface area contributed by atoms with E-state index >= 15 is 0 Å². The summed E-state index contributed by atoms with van der Waals surface area (Å²) in [5.74, 6) is 0.703. The minimum atomic E-state index is -0.194. The van der Waals surface area contributed by atoms with Gasteiger partial charge in [0.1, 0.15) is 17.2 Å². The lowest BCUT2D eigenvalue weighted by molar-refractivity contribution is 0.0946. The number of benzene rings is 1. The van der Waals surface area contributed by atoms with Gasteiger partial charge in [-0.05, 0) is 36.8 Å². The quantitative estimate of drug-likeness (QED) is 0.574. The van der Waals surface area contributed by atoms with Crippen LogP contribution >= 0.6 is 0 Å². The van der Waals surface area contributed by atoms with Crippen molar-refractivity contribution in [1.82, 2.24) is 29.6 Å². The zero-order valence-corrected chi connectivity index (χ0v) is 15.2. The first kappa shape index (κ1) is 16.8. The number of nitrogens with one attached hydrogen (secondary N) is 2. The lowest BCUT2D eigenvalue weighted by Crippen LogP contribution is -2.24.